The summed E-state index contributed by atoms with van der Waals surface area (Å²) in [6.45, 7) is 4.14. The molecule has 3 rings (SSSR count). The summed E-state index contributed by atoms with van der Waals surface area (Å²) < 4.78 is 1.27. The molecule has 1 aromatic heterocycles. The molecular formula is C19H17Cl2N3O. The minimum atomic E-state index is -0.445. The number of halogens is 2. The molecule has 25 heavy (non-hydrogen) atoms. The summed E-state index contributed by atoms with van der Waals surface area (Å²) in [5.74, 6) is 0. The van der Waals surface area contributed by atoms with E-state index in [0.717, 1.165) is 11.3 Å². The van der Waals surface area contributed by atoms with Crippen LogP contribution < -0.4 is 10.9 Å². The summed E-state index contributed by atoms with van der Waals surface area (Å²) in [5, 5.41) is 7.87. The maximum absolute atomic E-state index is 12.4. The first-order chi connectivity index (χ1) is 12.0. The van der Waals surface area contributed by atoms with E-state index in [4.69, 9.17) is 23.2 Å². The van der Waals surface area contributed by atoms with Crippen molar-refractivity contribution in [2.75, 3.05) is 5.32 Å². The molecular weight excluding hydrogens is 357 g/mol. The van der Waals surface area contributed by atoms with Gasteiger partial charge in [0.25, 0.3) is 5.56 Å². The summed E-state index contributed by atoms with van der Waals surface area (Å²) in [5.41, 5.74) is 2.43. The van der Waals surface area contributed by atoms with E-state index in [9.17, 15) is 4.79 Å². The number of hydrogen-bond donors (Lipinski definition) is 1. The lowest BCUT2D eigenvalue weighted by Gasteiger charge is -2.12. The molecule has 0 spiro atoms. The minimum Gasteiger partial charge on any atom is -0.383 e. The van der Waals surface area contributed by atoms with Crippen molar-refractivity contribution < 1.29 is 0 Å². The largest absolute Gasteiger partial charge is 0.383 e. The Bertz CT molecular complexity index is 935. The highest BCUT2D eigenvalue weighted by Gasteiger charge is 2.16. The van der Waals surface area contributed by atoms with Crippen molar-refractivity contribution >= 4 is 28.9 Å². The maximum atomic E-state index is 12.4. The minimum absolute atomic E-state index is 0.0418. The highest BCUT2D eigenvalue weighted by Crippen LogP contribution is 2.30. The summed E-state index contributed by atoms with van der Waals surface area (Å²) in [6.07, 6.45) is 0. The SMILES string of the molecule is CC(C)Nc1ccc(-c2nn(-c3ccccc3)c(=O)c(Cl)c2Cl)cc1. The second-order valence-electron chi connectivity index (χ2n) is 5.91. The molecule has 3 aromatic rings. The molecule has 2 aromatic carbocycles. The van der Waals surface area contributed by atoms with Crippen LogP contribution in [0.15, 0.2) is 59.4 Å². The van der Waals surface area contributed by atoms with E-state index in [1.807, 2.05) is 42.5 Å². The number of nitrogens with zero attached hydrogens (tertiary/aromatic N) is 2. The molecule has 0 bridgehead atoms. The normalized spacial score (nSPS) is 10.9. The molecule has 128 valence electrons. The van der Waals surface area contributed by atoms with Crippen LogP contribution in [0.1, 0.15) is 13.8 Å². The van der Waals surface area contributed by atoms with Crippen molar-refractivity contribution in [2.24, 2.45) is 0 Å². The number of anilines is 1. The van der Waals surface area contributed by atoms with Crippen molar-refractivity contribution in [1.29, 1.82) is 0 Å². The summed E-state index contributed by atoms with van der Waals surface area (Å²) in [6, 6.07) is 17.1. The molecule has 6 heteroatoms. The van der Waals surface area contributed by atoms with Gasteiger partial charge in [0, 0.05) is 17.3 Å². The van der Waals surface area contributed by atoms with Gasteiger partial charge in [-0.05, 0) is 38.1 Å². The molecule has 0 aliphatic heterocycles. The first kappa shape index (κ1) is 17.5. The van der Waals surface area contributed by atoms with E-state index >= 15 is 0 Å². The van der Waals surface area contributed by atoms with E-state index in [1.165, 1.54) is 4.68 Å². The fraction of sp³-hybridized carbons (Fsp3) is 0.158. The van der Waals surface area contributed by atoms with Crippen LogP contribution in [-0.4, -0.2) is 15.8 Å². The maximum Gasteiger partial charge on any atom is 0.291 e. The molecule has 1 N–H and O–H groups in total. The molecule has 0 saturated carbocycles. The standard InChI is InChI=1S/C19H17Cl2N3O/c1-12(2)22-14-10-8-13(9-11-14)18-16(20)17(21)19(25)24(23-18)15-6-4-3-5-7-15/h3-12,22H,1-2H3. The zero-order chi connectivity index (χ0) is 18.0. The van der Waals surface area contributed by atoms with Crippen molar-refractivity contribution in [3.05, 3.63) is 75.0 Å². The monoisotopic (exact) mass is 373 g/mol. The molecule has 0 aliphatic rings. The molecule has 0 radical (unpaired) electrons. The van der Waals surface area contributed by atoms with Gasteiger partial charge in [0.2, 0.25) is 0 Å². The third-order valence-electron chi connectivity index (χ3n) is 3.60. The first-order valence-electron chi connectivity index (χ1n) is 7.88. The van der Waals surface area contributed by atoms with E-state index in [2.05, 4.69) is 24.3 Å². The van der Waals surface area contributed by atoms with Crippen LogP contribution in [-0.2, 0) is 0 Å². The van der Waals surface area contributed by atoms with Crippen LogP contribution in [0.5, 0.6) is 0 Å². The van der Waals surface area contributed by atoms with Gasteiger partial charge in [-0.15, -0.1) is 0 Å². The average Bonchev–Trinajstić information content (AvgIpc) is 2.61. The topological polar surface area (TPSA) is 46.9 Å². The van der Waals surface area contributed by atoms with Crippen molar-refractivity contribution in [1.82, 2.24) is 9.78 Å². The van der Waals surface area contributed by atoms with Crippen LogP contribution in [0.3, 0.4) is 0 Å². The van der Waals surface area contributed by atoms with Gasteiger partial charge < -0.3 is 5.32 Å². The Balaban J connectivity index is 2.10. The van der Waals surface area contributed by atoms with Crippen LogP contribution in [0, 0.1) is 0 Å². The van der Waals surface area contributed by atoms with Gasteiger partial charge in [0.15, 0.2) is 0 Å². The Kier molecular flexibility index (Phi) is 5.11. The number of para-hydroxylation sites is 1. The van der Waals surface area contributed by atoms with Gasteiger partial charge >= 0.3 is 0 Å². The Labute approximate surface area is 156 Å². The van der Waals surface area contributed by atoms with Crippen LogP contribution in [0.25, 0.3) is 16.9 Å². The fourth-order valence-corrected chi connectivity index (χ4v) is 2.86. The summed E-state index contributed by atoms with van der Waals surface area (Å²) in [7, 11) is 0. The predicted molar refractivity (Wildman–Crippen MR) is 104 cm³/mol. The Morgan fingerprint density at radius 3 is 2.20 bits per heavy atom. The summed E-state index contributed by atoms with van der Waals surface area (Å²) in [4.78, 5) is 12.4. The van der Waals surface area contributed by atoms with Crippen molar-refractivity contribution in [3.8, 4) is 16.9 Å². The molecule has 1 heterocycles. The van der Waals surface area contributed by atoms with Crippen LogP contribution in [0.2, 0.25) is 10.0 Å². The highest BCUT2D eigenvalue weighted by atomic mass is 35.5. The Hall–Kier alpha value is -2.30. The van der Waals surface area contributed by atoms with Gasteiger partial charge in [-0.3, -0.25) is 4.79 Å². The third kappa shape index (κ3) is 3.70. The lowest BCUT2D eigenvalue weighted by Crippen LogP contribution is -2.22. The van der Waals surface area contributed by atoms with E-state index < -0.39 is 5.56 Å². The number of nitrogens with one attached hydrogen (secondary N) is 1. The molecule has 0 atom stereocenters. The van der Waals surface area contributed by atoms with Crippen molar-refractivity contribution in [2.45, 2.75) is 19.9 Å². The lowest BCUT2D eigenvalue weighted by atomic mass is 10.1. The average molecular weight is 374 g/mol. The van der Waals surface area contributed by atoms with Gasteiger partial charge in [0.05, 0.1) is 10.7 Å². The summed E-state index contributed by atoms with van der Waals surface area (Å²) >= 11 is 12.5. The second kappa shape index (κ2) is 7.30. The number of benzene rings is 2. The smallest absolute Gasteiger partial charge is 0.291 e. The number of rotatable bonds is 4. The van der Waals surface area contributed by atoms with E-state index in [0.29, 0.717) is 17.4 Å². The fourth-order valence-electron chi connectivity index (χ4n) is 2.47. The number of hydrogen-bond acceptors (Lipinski definition) is 3. The lowest BCUT2D eigenvalue weighted by molar-refractivity contribution is 0.813. The van der Waals surface area contributed by atoms with Gasteiger partial charge in [-0.25, -0.2) is 0 Å². The van der Waals surface area contributed by atoms with Crippen molar-refractivity contribution in [3.63, 3.8) is 0 Å². The van der Waals surface area contributed by atoms with Gasteiger partial charge in [-0.1, -0.05) is 53.5 Å². The van der Waals surface area contributed by atoms with Gasteiger partial charge in [0.1, 0.15) is 10.7 Å². The van der Waals surface area contributed by atoms with Gasteiger partial charge in [-0.2, -0.15) is 9.78 Å². The second-order valence-corrected chi connectivity index (χ2v) is 6.66. The van der Waals surface area contributed by atoms with Crippen LogP contribution >= 0.6 is 23.2 Å². The quantitative estimate of drug-likeness (QED) is 0.697. The predicted octanol–water partition coefficient (Wildman–Crippen LogP) is 5.03. The molecule has 0 saturated heterocycles. The van der Waals surface area contributed by atoms with E-state index in [1.54, 1.807) is 12.1 Å². The molecule has 4 nitrogen and oxygen atoms in total. The highest BCUT2D eigenvalue weighted by molar-refractivity contribution is 6.43. The Morgan fingerprint density at radius 1 is 0.960 bits per heavy atom. The third-order valence-corrected chi connectivity index (χ3v) is 4.41. The van der Waals surface area contributed by atoms with Crippen LogP contribution in [0.4, 0.5) is 5.69 Å². The molecule has 0 aliphatic carbocycles. The molecule has 0 fully saturated rings. The Morgan fingerprint density at radius 2 is 1.60 bits per heavy atom. The molecule has 0 unspecified atom stereocenters. The van der Waals surface area contributed by atoms with E-state index in [-0.39, 0.29) is 10.0 Å². The number of aromatic nitrogens is 2. The zero-order valence-electron chi connectivity index (χ0n) is 13.8. The first-order valence-corrected chi connectivity index (χ1v) is 8.63. The zero-order valence-corrected chi connectivity index (χ0v) is 15.3. The molecule has 0 amide bonds.